The van der Waals surface area contributed by atoms with E-state index in [1.807, 2.05) is 55.1 Å². The van der Waals surface area contributed by atoms with Crippen LogP contribution in [0, 0.1) is 6.92 Å². The minimum Gasteiger partial charge on any atom is -0.483 e. The molecule has 0 fully saturated rings. The van der Waals surface area contributed by atoms with Crippen LogP contribution in [-0.2, 0) is 12.8 Å². The number of aromatic nitrogens is 5. The van der Waals surface area contributed by atoms with Gasteiger partial charge in [-0.1, -0.05) is 29.5 Å². The second-order valence-electron chi connectivity index (χ2n) is 6.40. The first kappa shape index (κ1) is 18.7. The van der Waals surface area contributed by atoms with Crippen molar-refractivity contribution in [3.8, 4) is 5.75 Å². The highest BCUT2D eigenvalue weighted by atomic mass is 32.2. The molecule has 0 spiro atoms. The van der Waals surface area contributed by atoms with E-state index in [9.17, 15) is 4.79 Å². The summed E-state index contributed by atoms with van der Waals surface area (Å²) < 4.78 is 9.44. The van der Waals surface area contributed by atoms with E-state index in [2.05, 4.69) is 15.2 Å². The summed E-state index contributed by atoms with van der Waals surface area (Å²) in [4.78, 5) is 17.3. The fourth-order valence-corrected chi connectivity index (χ4v) is 4.33. The van der Waals surface area contributed by atoms with E-state index >= 15 is 0 Å². The molecule has 0 amide bonds. The highest BCUT2D eigenvalue weighted by molar-refractivity contribution is 7.98. The van der Waals surface area contributed by atoms with Crippen molar-refractivity contribution in [3.05, 3.63) is 69.3 Å². The van der Waals surface area contributed by atoms with Gasteiger partial charge in [0.25, 0.3) is 5.56 Å². The van der Waals surface area contributed by atoms with Gasteiger partial charge in [0.05, 0.1) is 5.69 Å². The van der Waals surface area contributed by atoms with Crippen LogP contribution in [0.15, 0.2) is 51.9 Å². The largest absolute Gasteiger partial charge is 0.483 e. The lowest BCUT2D eigenvalue weighted by molar-refractivity contribution is 0.211. The third-order valence-electron chi connectivity index (χ3n) is 4.27. The minimum atomic E-state index is -0.236. The van der Waals surface area contributed by atoms with E-state index in [-0.39, 0.29) is 11.7 Å². The maximum absolute atomic E-state index is 12.1. The molecule has 3 heterocycles. The molecule has 0 saturated heterocycles. The van der Waals surface area contributed by atoms with Crippen LogP contribution in [0.25, 0.3) is 4.96 Å². The molecule has 144 valence electrons. The Balaban J connectivity index is 1.46. The van der Waals surface area contributed by atoms with Crippen LogP contribution < -0.4 is 10.3 Å². The normalized spacial score (nSPS) is 12.4. The summed E-state index contributed by atoms with van der Waals surface area (Å²) in [6.07, 6.45) is 1.50. The first-order chi connectivity index (χ1) is 13.5. The van der Waals surface area contributed by atoms with Crippen LogP contribution in [-0.4, -0.2) is 24.1 Å². The zero-order valence-corrected chi connectivity index (χ0v) is 17.3. The van der Waals surface area contributed by atoms with Crippen molar-refractivity contribution in [1.29, 1.82) is 0 Å². The first-order valence-corrected chi connectivity index (χ1v) is 10.6. The molecule has 0 bridgehead atoms. The number of nitrogens with zero attached hydrogens (tertiary/aromatic N) is 5. The SMILES string of the molecule is Cc1ccc(O[C@@H](C)c2nnc(SCc3cc(=O)n4ccsc4n3)n2C)cc1. The van der Waals surface area contributed by atoms with E-state index in [1.54, 1.807) is 16.7 Å². The van der Waals surface area contributed by atoms with Crippen LogP contribution in [0.1, 0.15) is 30.1 Å². The van der Waals surface area contributed by atoms with Crippen LogP contribution in [0.2, 0.25) is 0 Å². The molecular formula is C19H19N5O2S2. The number of aryl methyl sites for hydroxylation is 1. The zero-order chi connectivity index (χ0) is 19.7. The highest BCUT2D eigenvalue weighted by Crippen LogP contribution is 2.25. The fraction of sp³-hybridized carbons (Fsp3) is 0.263. The fourth-order valence-electron chi connectivity index (χ4n) is 2.78. The van der Waals surface area contributed by atoms with Crippen LogP contribution >= 0.6 is 23.1 Å². The second-order valence-corrected chi connectivity index (χ2v) is 8.22. The smallest absolute Gasteiger partial charge is 0.258 e. The number of benzene rings is 1. The zero-order valence-electron chi connectivity index (χ0n) is 15.7. The average Bonchev–Trinajstić information content (AvgIpc) is 3.29. The molecule has 0 unspecified atom stereocenters. The molecule has 4 aromatic rings. The van der Waals surface area contributed by atoms with E-state index in [4.69, 9.17) is 4.74 Å². The summed E-state index contributed by atoms with van der Waals surface area (Å²) in [5.41, 5.74) is 1.85. The van der Waals surface area contributed by atoms with Gasteiger partial charge in [-0.05, 0) is 26.0 Å². The molecule has 0 saturated carbocycles. The van der Waals surface area contributed by atoms with Gasteiger partial charge in [-0.15, -0.1) is 21.5 Å². The Hall–Kier alpha value is -2.65. The predicted octanol–water partition coefficient (Wildman–Crippen LogP) is 3.63. The van der Waals surface area contributed by atoms with Crippen LogP contribution in [0.4, 0.5) is 0 Å². The topological polar surface area (TPSA) is 74.3 Å². The molecule has 7 nitrogen and oxygen atoms in total. The van der Waals surface area contributed by atoms with Crippen molar-refractivity contribution in [3.63, 3.8) is 0 Å². The van der Waals surface area contributed by atoms with Crippen molar-refractivity contribution in [1.82, 2.24) is 24.1 Å². The predicted molar refractivity (Wildman–Crippen MR) is 110 cm³/mol. The Morgan fingerprint density at radius 2 is 2.04 bits per heavy atom. The number of hydrogen-bond donors (Lipinski definition) is 0. The van der Waals surface area contributed by atoms with Gasteiger partial charge in [0, 0.05) is 30.4 Å². The van der Waals surface area contributed by atoms with Gasteiger partial charge in [-0.2, -0.15) is 0 Å². The molecule has 9 heteroatoms. The molecule has 3 aromatic heterocycles. The number of fused-ring (bicyclic) bond motifs is 1. The van der Waals surface area contributed by atoms with Gasteiger partial charge in [0.1, 0.15) is 5.75 Å². The molecule has 0 radical (unpaired) electrons. The molecule has 1 aromatic carbocycles. The summed E-state index contributed by atoms with van der Waals surface area (Å²) in [6.45, 7) is 3.99. The van der Waals surface area contributed by atoms with E-state index in [0.29, 0.717) is 10.7 Å². The lowest BCUT2D eigenvalue weighted by Gasteiger charge is -2.14. The van der Waals surface area contributed by atoms with E-state index in [0.717, 1.165) is 22.4 Å². The standard InChI is InChI=1S/C19H19N5O2S2/c1-12-4-6-15(7-5-12)26-13(2)17-21-22-19(23(17)3)28-11-14-10-16(25)24-8-9-27-18(24)20-14/h4-10,13H,11H2,1-3H3/t13-/m0/s1. The van der Waals surface area contributed by atoms with Gasteiger partial charge in [-0.3, -0.25) is 9.20 Å². The molecule has 0 aliphatic heterocycles. The molecule has 0 N–H and O–H groups in total. The summed E-state index contributed by atoms with van der Waals surface area (Å²) in [7, 11) is 1.91. The van der Waals surface area contributed by atoms with Gasteiger partial charge < -0.3 is 9.30 Å². The second kappa shape index (κ2) is 7.76. The molecule has 0 aliphatic rings. The number of thiazole rings is 1. The highest BCUT2D eigenvalue weighted by Gasteiger charge is 2.17. The Morgan fingerprint density at radius 3 is 2.82 bits per heavy atom. The monoisotopic (exact) mass is 413 g/mol. The third kappa shape index (κ3) is 3.81. The number of thioether (sulfide) groups is 1. The van der Waals surface area contributed by atoms with Crippen LogP contribution in [0.3, 0.4) is 0 Å². The van der Waals surface area contributed by atoms with Gasteiger partial charge in [-0.25, -0.2) is 4.98 Å². The number of ether oxygens (including phenoxy) is 1. The van der Waals surface area contributed by atoms with E-state index < -0.39 is 0 Å². The lowest BCUT2D eigenvalue weighted by atomic mass is 10.2. The molecule has 28 heavy (non-hydrogen) atoms. The van der Waals surface area contributed by atoms with Gasteiger partial charge in [0.2, 0.25) is 0 Å². The minimum absolute atomic E-state index is 0.0689. The molecular weight excluding hydrogens is 394 g/mol. The van der Waals surface area contributed by atoms with Crippen molar-refractivity contribution < 1.29 is 4.74 Å². The third-order valence-corrected chi connectivity index (χ3v) is 6.08. The summed E-state index contributed by atoms with van der Waals surface area (Å²) in [5, 5.41) is 11.2. The quantitative estimate of drug-likeness (QED) is 0.450. The molecule has 4 rings (SSSR count). The van der Waals surface area contributed by atoms with Crippen molar-refractivity contribution >= 4 is 28.1 Å². The van der Waals surface area contributed by atoms with Crippen molar-refractivity contribution in [2.45, 2.75) is 30.9 Å². The Morgan fingerprint density at radius 1 is 1.25 bits per heavy atom. The van der Waals surface area contributed by atoms with Crippen molar-refractivity contribution in [2.24, 2.45) is 7.05 Å². The summed E-state index contributed by atoms with van der Waals surface area (Å²) in [6, 6.07) is 9.48. The average molecular weight is 414 g/mol. The van der Waals surface area contributed by atoms with Gasteiger partial charge >= 0.3 is 0 Å². The maximum Gasteiger partial charge on any atom is 0.258 e. The lowest BCUT2D eigenvalue weighted by Crippen LogP contribution is -2.12. The Bertz CT molecular complexity index is 1160. The first-order valence-electron chi connectivity index (χ1n) is 8.72. The van der Waals surface area contributed by atoms with Crippen molar-refractivity contribution in [2.75, 3.05) is 0 Å². The van der Waals surface area contributed by atoms with Crippen LogP contribution in [0.5, 0.6) is 5.75 Å². The maximum atomic E-state index is 12.1. The summed E-state index contributed by atoms with van der Waals surface area (Å²) >= 11 is 2.94. The van der Waals surface area contributed by atoms with E-state index in [1.165, 1.54) is 28.7 Å². The van der Waals surface area contributed by atoms with Gasteiger partial charge in [0.15, 0.2) is 22.0 Å². The Kier molecular flexibility index (Phi) is 5.19. The molecule has 0 aliphatic carbocycles. The summed E-state index contributed by atoms with van der Waals surface area (Å²) in [5.74, 6) is 2.08. The Labute approximate surface area is 170 Å². The molecule has 1 atom stereocenters. The number of rotatable bonds is 6. The number of hydrogen-bond acceptors (Lipinski definition) is 7.